The number of likely N-dealkylation sites (N-methyl/N-ethyl adjacent to an activating group) is 1. The predicted octanol–water partition coefficient (Wildman–Crippen LogP) is 2.49. The van der Waals surface area contributed by atoms with Crippen molar-refractivity contribution >= 4 is 5.91 Å². The summed E-state index contributed by atoms with van der Waals surface area (Å²) in [5, 5.41) is 3.13. The van der Waals surface area contributed by atoms with Gasteiger partial charge in [-0.1, -0.05) is 50.1 Å². The molecular weight excluding hydrogens is 286 g/mol. The lowest BCUT2D eigenvalue weighted by molar-refractivity contribution is -0.127. The lowest BCUT2D eigenvalue weighted by atomic mass is 9.75. The molecule has 1 aliphatic rings. The molecule has 2 rings (SSSR count). The number of rotatable bonds is 5. The Balaban J connectivity index is 2.07. The van der Waals surface area contributed by atoms with Crippen LogP contribution in [0, 0.1) is 5.92 Å². The first-order chi connectivity index (χ1) is 10.8. The van der Waals surface area contributed by atoms with E-state index in [1.165, 1.54) is 12.8 Å². The molecule has 1 aromatic rings. The minimum Gasteiger partial charge on any atom is -0.352 e. The Kier molecular flexibility index (Phi) is 5.48. The molecule has 0 saturated heterocycles. The largest absolute Gasteiger partial charge is 0.352 e. The standard InChI is InChI=1S/C19H31N3O/c1-15-9-8-12-19(13-15,22(3)4)14-21-17(23)18(2,20)16-10-6-5-7-11-16/h5-7,10-11,15H,8-9,12-14,20H2,1-4H3,(H,21,23). The highest BCUT2D eigenvalue weighted by Crippen LogP contribution is 2.35. The first-order valence-electron chi connectivity index (χ1n) is 8.58. The van der Waals surface area contributed by atoms with E-state index in [4.69, 9.17) is 5.73 Å². The van der Waals surface area contributed by atoms with E-state index < -0.39 is 5.54 Å². The Hall–Kier alpha value is -1.39. The summed E-state index contributed by atoms with van der Waals surface area (Å²) < 4.78 is 0. The zero-order valence-corrected chi connectivity index (χ0v) is 14.9. The van der Waals surface area contributed by atoms with Crippen LogP contribution in [0.15, 0.2) is 30.3 Å². The second-order valence-corrected chi connectivity index (χ2v) is 7.57. The van der Waals surface area contributed by atoms with Crippen molar-refractivity contribution in [3.63, 3.8) is 0 Å². The second-order valence-electron chi connectivity index (χ2n) is 7.57. The Labute approximate surface area is 140 Å². The van der Waals surface area contributed by atoms with Crippen LogP contribution in [0.4, 0.5) is 0 Å². The van der Waals surface area contributed by atoms with Crippen molar-refractivity contribution in [2.45, 2.75) is 50.6 Å². The van der Waals surface area contributed by atoms with Crippen molar-refractivity contribution in [1.82, 2.24) is 10.2 Å². The van der Waals surface area contributed by atoms with E-state index in [1.807, 2.05) is 30.3 Å². The van der Waals surface area contributed by atoms with E-state index >= 15 is 0 Å². The molecule has 1 amide bonds. The summed E-state index contributed by atoms with van der Waals surface area (Å²) in [7, 11) is 4.23. The van der Waals surface area contributed by atoms with Crippen molar-refractivity contribution in [2.75, 3.05) is 20.6 Å². The number of hydrogen-bond acceptors (Lipinski definition) is 3. The van der Waals surface area contributed by atoms with E-state index in [-0.39, 0.29) is 11.4 Å². The van der Waals surface area contributed by atoms with Gasteiger partial charge >= 0.3 is 0 Å². The topological polar surface area (TPSA) is 58.4 Å². The second kappa shape index (κ2) is 7.02. The summed E-state index contributed by atoms with van der Waals surface area (Å²) in [6.07, 6.45) is 4.74. The van der Waals surface area contributed by atoms with E-state index in [1.54, 1.807) is 6.92 Å². The van der Waals surface area contributed by atoms with Gasteiger partial charge in [-0.2, -0.15) is 0 Å². The van der Waals surface area contributed by atoms with E-state index in [0.29, 0.717) is 12.5 Å². The molecule has 4 heteroatoms. The molecule has 1 fully saturated rings. The van der Waals surface area contributed by atoms with Gasteiger partial charge in [0.25, 0.3) is 0 Å². The van der Waals surface area contributed by atoms with Crippen LogP contribution in [0.25, 0.3) is 0 Å². The Bertz CT molecular complexity index is 527. The van der Waals surface area contributed by atoms with Gasteiger partial charge in [0, 0.05) is 12.1 Å². The molecule has 0 spiro atoms. The van der Waals surface area contributed by atoms with Crippen molar-refractivity contribution < 1.29 is 4.79 Å². The number of carbonyl (C=O) groups is 1. The number of benzene rings is 1. The monoisotopic (exact) mass is 317 g/mol. The van der Waals surface area contributed by atoms with Gasteiger partial charge in [0.15, 0.2) is 0 Å². The van der Waals surface area contributed by atoms with Crippen LogP contribution < -0.4 is 11.1 Å². The summed E-state index contributed by atoms with van der Waals surface area (Å²) >= 11 is 0. The van der Waals surface area contributed by atoms with Crippen LogP contribution in [0.5, 0.6) is 0 Å². The minimum absolute atomic E-state index is 0.0418. The van der Waals surface area contributed by atoms with Gasteiger partial charge in [-0.25, -0.2) is 0 Å². The van der Waals surface area contributed by atoms with E-state index in [2.05, 4.69) is 31.2 Å². The first-order valence-corrected chi connectivity index (χ1v) is 8.58. The molecular formula is C19H31N3O. The molecule has 3 N–H and O–H groups in total. The van der Waals surface area contributed by atoms with Crippen LogP contribution >= 0.6 is 0 Å². The van der Waals surface area contributed by atoms with Crippen molar-refractivity contribution in [2.24, 2.45) is 11.7 Å². The molecule has 0 aromatic heterocycles. The quantitative estimate of drug-likeness (QED) is 0.877. The van der Waals surface area contributed by atoms with Gasteiger partial charge in [-0.15, -0.1) is 0 Å². The van der Waals surface area contributed by atoms with Crippen molar-refractivity contribution in [1.29, 1.82) is 0 Å². The molecule has 0 heterocycles. The van der Waals surface area contributed by atoms with Gasteiger partial charge in [0.05, 0.1) is 0 Å². The van der Waals surface area contributed by atoms with Crippen LogP contribution in [0.2, 0.25) is 0 Å². The van der Waals surface area contributed by atoms with Gasteiger partial charge < -0.3 is 16.0 Å². The fourth-order valence-corrected chi connectivity index (χ4v) is 3.70. The molecule has 128 valence electrons. The number of nitrogens with two attached hydrogens (primary N) is 1. The highest BCUT2D eigenvalue weighted by Gasteiger charge is 2.39. The van der Waals surface area contributed by atoms with Crippen LogP contribution in [-0.4, -0.2) is 37.0 Å². The molecule has 23 heavy (non-hydrogen) atoms. The lowest BCUT2D eigenvalue weighted by Gasteiger charge is -2.45. The maximum absolute atomic E-state index is 12.7. The zero-order valence-electron chi connectivity index (χ0n) is 14.9. The average molecular weight is 317 g/mol. The van der Waals surface area contributed by atoms with Gasteiger partial charge in [-0.05, 0) is 45.3 Å². The van der Waals surface area contributed by atoms with Crippen molar-refractivity contribution in [3.05, 3.63) is 35.9 Å². The molecule has 1 saturated carbocycles. The summed E-state index contributed by atoms with van der Waals surface area (Å²) in [6, 6.07) is 9.57. The minimum atomic E-state index is -1.00. The summed E-state index contributed by atoms with van der Waals surface area (Å²) in [4.78, 5) is 15.0. The van der Waals surface area contributed by atoms with Gasteiger partial charge in [-0.3, -0.25) is 4.79 Å². The van der Waals surface area contributed by atoms with Crippen LogP contribution in [-0.2, 0) is 10.3 Å². The predicted molar refractivity (Wildman–Crippen MR) is 95.0 cm³/mol. The van der Waals surface area contributed by atoms with E-state index in [9.17, 15) is 4.79 Å². The highest BCUT2D eigenvalue weighted by molar-refractivity contribution is 5.87. The number of carbonyl (C=O) groups excluding carboxylic acids is 1. The summed E-state index contributed by atoms with van der Waals surface area (Å²) in [5.74, 6) is 0.588. The number of amides is 1. The first kappa shape index (κ1) is 18.0. The molecule has 1 aliphatic carbocycles. The third-order valence-corrected chi connectivity index (χ3v) is 5.44. The molecule has 1 aromatic carbocycles. The van der Waals surface area contributed by atoms with Gasteiger partial charge in [0.1, 0.15) is 5.54 Å². The lowest BCUT2D eigenvalue weighted by Crippen LogP contribution is -2.58. The highest BCUT2D eigenvalue weighted by atomic mass is 16.2. The third kappa shape index (κ3) is 3.93. The Morgan fingerprint density at radius 1 is 1.39 bits per heavy atom. The number of hydrogen-bond donors (Lipinski definition) is 2. The van der Waals surface area contributed by atoms with E-state index in [0.717, 1.165) is 18.4 Å². The van der Waals surface area contributed by atoms with Crippen LogP contribution in [0.3, 0.4) is 0 Å². The maximum Gasteiger partial charge on any atom is 0.244 e. The number of nitrogens with zero attached hydrogens (tertiary/aromatic N) is 1. The fraction of sp³-hybridized carbons (Fsp3) is 0.632. The average Bonchev–Trinajstić information content (AvgIpc) is 2.53. The normalized spacial score (nSPS) is 27.5. The van der Waals surface area contributed by atoms with Crippen molar-refractivity contribution in [3.8, 4) is 0 Å². The van der Waals surface area contributed by atoms with Gasteiger partial charge in [0.2, 0.25) is 5.91 Å². The molecule has 3 atom stereocenters. The Morgan fingerprint density at radius 3 is 2.61 bits per heavy atom. The SMILES string of the molecule is CC1CCCC(CNC(=O)C(C)(N)c2ccccc2)(N(C)C)C1. The summed E-state index contributed by atoms with van der Waals surface area (Å²) in [5.41, 5.74) is 6.20. The molecule has 0 bridgehead atoms. The molecule has 4 nitrogen and oxygen atoms in total. The van der Waals surface area contributed by atoms with Crippen LogP contribution in [0.1, 0.15) is 45.1 Å². The molecule has 3 unspecified atom stereocenters. The molecule has 0 aliphatic heterocycles. The Morgan fingerprint density at radius 2 is 2.04 bits per heavy atom. The summed E-state index contributed by atoms with van der Waals surface area (Å²) in [6.45, 7) is 4.74. The zero-order chi connectivity index (χ0) is 17.1. The smallest absolute Gasteiger partial charge is 0.244 e. The third-order valence-electron chi connectivity index (χ3n) is 5.44. The number of nitrogens with one attached hydrogen (secondary N) is 1. The molecule has 0 radical (unpaired) electrons. The fourth-order valence-electron chi connectivity index (χ4n) is 3.70. The maximum atomic E-state index is 12.7.